The average Bonchev–Trinajstić information content (AvgIpc) is 3.06. The largest absolute Gasteiger partial charge is 0.469 e. The van der Waals surface area contributed by atoms with Crippen molar-refractivity contribution in [2.75, 3.05) is 7.11 Å². The Kier molecular flexibility index (Phi) is 5.82. The van der Waals surface area contributed by atoms with Crippen LogP contribution in [-0.4, -0.2) is 52.5 Å². The van der Waals surface area contributed by atoms with Crippen LogP contribution in [0.15, 0.2) is 0 Å². The first-order valence-electron chi connectivity index (χ1n) is 11.8. The van der Waals surface area contributed by atoms with Crippen LogP contribution in [-0.2, 0) is 14.3 Å². The van der Waals surface area contributed by atoms with Crippen molar-refractivity contribution < 1.29 is 29.6 Å². The number of hydrogen-bond acceptors (Lipinski definition) is 6. The van der Waals surface area contributed by atoms with Crippen LogP contribution in [0.2, 0.25) is 0 Å². The van der Waals surface area contributed by atoms with E-state index in [1.807, 2.05) is 6.92 Å². The summed E-state index contributed by atoms with van der Waals surface area (Å²) in [7, 11) is 1.33. The van der Waals surface area contributed by atoms with Gasteiger partial charge in [0.15, 0.2) is 0 Å². The van der Waals surface area contributed by atoms with Crippen molar-refractivity contribution >= 4 is 11.8 Å². The Bertz CT molecular complexity index is 693. The molecule has 170 valence electrons. The van der Waals surface area contributed by atoms with Crippen molar-refractivity contribution in [2.45, 2.75) is 89.9 Å². The van der Waals surface area contributed by atoms with Crippen LogP contribution >= 0.6 is 0 Å². The van der Waals surface area contributed by atoms with E-state index in [0.717, 1.165) is 25.7 Å². The normalized spacial score (nSPS) is 50.2. The molecule has 4 saturated carbocycles. The van der Waals surface area contributed by atoms with E-state index >= 15 is 0 Å². The van der Waals surface area contributed by atoms with Gasteiger partial charge in [0.05, 0.1) is 31.8 Å². The molecule has 0 aromatic carbocycles. The summed E-state index contributed by atoms with van der Waals surface area (Å²) < 4.78 is 4.68. The van der Waals surface area contributed by atoms with Crippen LogP contribution in [0.3, 0.4) is 0 Å². The van der Waals surface area contributed by atoms with Gasteiger partial charge in [0.2, 0.25) is 0 Å². The minimum Gasteiger partial charge on any atom is -0.469 e. The average molecular weight is 423 g/mol. The number of carbonyl (C=O) groups excluding carboxylic acids is 2. The Morgan fingerprint density at radius 1 is 0.967 bits per heavy atom. The number of aliphatic hydroxyl groups is 3. The molecule has 0 unspecified atom stereocenters. The second-order valence-corrected chi connectivity index (χ2v) is 11.0. The zero-order valence-electron chi connectivity index (χ0n) is 18.5. The Morgan fingerprint density at radius 3 is 2.40 bits per heavy atom. The van der Waals surface area contributed by atoms with Gasteiger partial charge in [-0.05, 0) is 74.0 Å². The highest BCUT2D eigenvalue weighted by atomic mass is 16.5. The molecule has 0 aromatic rings. The standard InChI is InChI=1S/C24H38O6/c1-23-9-8-14(25)10-13(23)11-19(27)22-16-5-4-15(18(26)6-7-21(29)30-3)24(16,2)20(28)12-17(22)23/h13-17,19-20,22,25,27-28H,4-12H2,1-3H3/t13-,14-,15+,16-,17-,19-,20-,22-,23-,24+/m0/s1. The van der Waals surface area contributed by atoms with Crippen molar-refractivity contribution in [3.8, 4) is 0 Å². The summed E-state index contributed by atoms with van der Waals surface area (Å²) in [5.41, 5.74) is -0.523. The number of rotatable bonds is 4. The summed E-state index contributed by atoms with van der Waals surface area (Å²) in [6, 6.07) is 0. The van der Waals surface area contributed by atoms with E-state index < -0.39 is 17.6 Å². The fourth-order valence-corrected chi connectivity index (χ4v) is 8.20. The van der Waals surface area contributed by atoms with Crippen LogP contribution in [0.25, 0.3) is 0 Å². The molecular weight excluding hydrogens is 384 g/mol. The third kappa shape index (κ3) is 3.25. The minimum absolute atomic E-state index is 0.0262. The van der Waals surface area contributed by atoms with Gasteiger partial charge in [-0.1, -0.05) is 13.8 Å². The number of aliphatic hydroxyl groups excluding tert-OH is 3. The van der Waals surface area contributed by atoms with E-state index in [2.05, 4.69) is 11.7 Å². The molecule has 4 fully saturated rings. The van der Waals surface area contributed by atoms with Crippen LogP contribution in [0.1, 0.15) is 71.6 Å². The predicted molar refractivity (Wildman–Crippen MR) is 110 cm³/mol. The van der Waals surface area contributed by atoms with E-state index in [9.17, 15) is 24.9 Å². The number of ether oxygens (including phenoxy) is 1. The van der Waals surface area contributed by atoms with Gasteiger partial charge in [0, 0.05) is 17.8 Å². The number of fused-ring (bicyclic) bond motifs is 5. The Morgan fingerprint density at radius 2 is 1.70 bits per heavy atom. The van der Waals surface area contributed by atoms with E-state index in [-0.39, 0.29) is 65.7 Å². The van der Waals surface area contributed by atoms with Gasteiger partial charge in [-0.2, -0.15) is 0 Å². The number of methoxy groups -OCH3 is 1. The minimum atomic E-state index is -0.590. The summed E-state index contributed by atoms with van der Waals surface area (Å²) in [6.45, 7) is 4.34. The zero-order chi connectivity index (χ0) is 21.8. The second kappa shape index (κ2) is 7.86. The monoisotopic (exact) mass is 422 g/mol. The maximum absolute atomic E-state index is 13.0. The summed E-state index contributed by atoms with van der Waals surface area (Å²) in [6.07, 6.45) is 4.25. The fraction of sp³-hybridized carbons (Fsp3) is 0.917. The van der Waals surface area contributed by atoms with Crippen molar-refractivity contribution in [1.29, 1.82) is 0 Å². The smallest absolute Gasteiger partial charge is 0.305 e. The Labute approximate surface area is 179 Å². The Balaban J connectivity index is 1.59. The lowest BCUT2D eigenvalue weighted by atomic mass is 9.43. The van der Waals surface area contributed by atoms with Gasteiger partial charge in [0.1, 0.15) is 5.78 Å². The molecule has 0 spiro atoms. The topological polar surface area (TPSA) is 104 Å². The number of ketones is 1. The predicted octanol–water partition coefficient (Wildman–Crippen LogP) is 2.47. The third-order valence-electron chi connectivity index (χ3n) is 9.96. The fourth-order valence-electron chi connectivity index (χ4n) is 8.20. The van der Waals surface area contributed by atoms with Crippen molar-refractivity contribution in [1.82, 2.24) is 0 Å². The van der Waals surface area contributed by atoms with E-state index in [1.54, 1.807) is 0 Å². The number of esters is 1. The molecule has 3 N–H and O–H groups in total. The van der Waals surface area contributed by atoms with Gasteiger partial charge in [-0.3, -0.25) is 9.59 Å². The second-order valence-electron chi connectivity index (χ2n) is 11.0. The molecule has 0 bridgehead atoms. The molecule has 4 aliphatic carbocycles. The molecule has 0 amide bonds. The van der Waals surface area contributed by atoms with E-state index in [0.29, 0.717) is 19.3 Å². The molecular formula is C24H38O6. The first kappa shape index (κ1) is 22.2. The maximum Gasteiger partial charge on any atom is 0.305 e. The van der Waals surface area contributed by atoms with Crippen LogP contribution in [0, 0.1) is 40.4 Å². The molecule has 4 rings (SSSR count). The van der Waals surface area contributed by atoms with Gasteiger partial charge < -0.3 is 20.1 Å². The van der Waals surface area contributed by atoms with Crippen LogP contribution in [0.5, 0.6) is 0 Å². The van der Waals surface area contributed by atoms with Gasteiger partial charge >= 0.3 is 5.97 Å². The quantitative estimate of drug-likeness (QED) is 0.601. The van der Waals surface area contributed by atoms with Crippen molar-refractivity contribution in [3.63, 3.8) is 0 Å². The van der Waals surface area contributed by atoms with E-state index in [4.69, 9.17) is 0 Å². The van der Waals surface area contributed by atoms with E-state index in [1.165, 1.54) is 7.11 Å². The van der Waals surface area contributed by atoms with Gasteiger partial charge in [-0.25, -0.2) is 0 Å². The maximum atomic E-state index is 13.0. The first-order chi connectivity index (χ1) is 14.1. The van der Waals surface area contributed by atoms with Crippen LogP contribution < -0.4 is 0 Å². The molecule has 0 aromatic heterocycles. The van der Waals surface area contributed by atoms with Gasteiger partial charge in [0.25, 0.3) is 0 Å². The molecule has 30 heavy (non-hydrogen) atoms. The highest BCUT2D eigenvalue weighted by Gasteiger charge is 2.66. The lowest BCUT2D eigenvalue weighted by molar-refractivity contribution is -0.204. The molecule has 4 aliphatic rings. The molecule has 6 nitrogen and oxygen atoms in total. The molecule has 0 saturated heterocycles. The number of hydrogen-bond donors (Lipinski definition) is 3. The first-order valence-corrected chi connectivity index (χ1v) is 11.8. The van der Waals surface area contributed by atoms with Crippen molar-refractivity contribution in [3.05, 3.63) is 0 Å². The number of Topliss-reactive ketones (excluding diaryl/α,β-unsaturated/α-hetero) is 1. The lowest BCUT2D eigenvalue weighted by Gasteiger charge is -2.63. The summed E-state index contributed by atoms with van der Waals surface area (Å²) in [5.74, 6) is 0.0931. The summed E-state index contributed by atoms with van der Waals surface area (Å²) in [4.78, 5) is 24.5. The highest BCUT2D eigenvalue weighted by molar-refractivity contribution is 5.85. The highest BCUT2D eigenvalue weighted by Crippen LogP contribution is 2.67. The SMILES string of the molecule is COC(=O)CCC(=O)[C@H]1CC[C@H]2[C@@H]3[C@@H](O)C[C@@H]4C[C@@H](O)CC[C@]4(C)[C@H]3C[C@H](O)[C@]12C. The molecule has 10 atom stereocenters. The number of carbonyl (C=O) groups is 2. The summed E-state index contributed by atoms with van der Waals surface area (Å²) >= 11 is 0. The Hall–Kier alpha value is -0.980. The lowest BCUT2D eigenvalue weighted by Crippen LogP contribution is -2.62. The zero-order valence-corrected chi connectivity index (χ0v) is 18.5. The third-order valence-corrected chi connectivity index (χ3v) is 9.96. The summed E-state index contributed by atoms with van der Waals surface area (Å²) in [5, 5.41) is 32.8. The molecule has 6 heteroatoms. The van der Waals surface area contributed by atoms with Crippen molar-refractivity contribution in [2.24, 2.45) is 40.4 Å². The molecule has 0 heterocycles. The van der Waals surface area contributed by atoms with Gasteiger partial charge in [-0.15, -0.1) is 0 Å². The molecule has 0 aliphatic heterocycles. The van der Waals surface area contributed by atoms with Crippen LogP contribution in [0.4, 0.5) is 0 Å². The molecule has 0 radical (unpaired) electrons.